The lowest BCUT2D eigenvalue weighted by Gasteiger charge is -2.21. The Morgan fingerprint density at radius 2 is 2.04 bits per heavy atom. The van der Waals surface area contributed by atoms with Crippen LogP contribution in [-0.4, -0.2) is 28.0 Å². The van der Waals surface area contributed by atoms with Crippen molar-refractivity contribution in [3.8, 4) is 5.75 Å². The summed E-state index contributed by atoms with van der Waals surface area (Å²) in [4.78, 5) is 25.3. The first-order valence-corrected chi connectivity index (χ1v) is 10.4. The van der Waals surface area contributed by atoms with Gasteiger partial charge in [-0.15, -0.1) is 11.3 Å². The minimum atomic E-state index is 0.0367. The number of methoxy groups -OCH3 is 1. The van der Waals surface area contributed by atoms with E-state index < -0.39 is 0 Å². The van der Waals surface area contributed by atoms with Crippen LogP contribution in [0.5, 0.6) is 5.75 Å². The summed E-state index contributed by atoms with van der Waals surface area (Å²) >= 11 is 1.71. The van der Waals surface area contributed by atoms with Crippen LogP contribution in [0.4, 0.5) is 0 Å². The SMILES string of the molecule is COc1ccc(CN(Cc2nc3sc4c(c3c(=O)[nH]2)CCC4)C2CC2)cc1. The number of aromatic amines is 1. The summed E-state index contributed by atoms with van der Waals surface area (Å²) in [5, 5.41) is 0.837. The van der Waals surface area contributed by atoms with Gasteiger partial charge in [-0.05, 0) is 55.4 Å². The third-order valence-corrected chi connectivity index (χ3v) is 6.77. The molecule has 2 aliphatic rings. The summed E-state index contributed by atoms with van der Waals surface area (Å²) in [6.45, 7) is 1.54. The Bertz CT molecular complexity index is 1030. The number of benzene rings is 1. The molecular weight excluding hydrogens is 358 g/mol. The first kappa shape index (κ1) is 17.0. The van der Waals surface area contributed by atoms with Gasteiger partial charge in [-0.3, -0.25) is 9.69 Å². The molecule has 1 N–H and O–H groups in total. The predicted octanol–water partition coefficient (Wildman–Crippen LogP) is 3.65. The molecule has 27 heavy (non-hydrogen) atoms. The average molecular weight is 382 g/mol. The van der Waals surface area contributed by atoms with Crippen LogP contribution in [0, 0.1) is 0 Å². The first-order chi connectivity index (χ1) is 13.2. The van der Waals surface area contributed by atoms with E-state index in [0.29, 0.717) is 12.6 Å². The molecule has 0 atom stereocenters. The van der Waals surface area contributed by atoms with Gasteiger partial charge in [0.15, 0.2) is 0 Å². The van der Waals surface area contributed by atoms with Gasteiger partial charge in [0.25, 0.3) is 5.56 Å². The van der Waals surface area contributed by atoms with Crippen molar-refractivity contribution in [2.45, 2.75) is 51.2 Å². The van der Waals surface area contributed by atoms with Gasteiger partial charge in [-0.2, -0.15) is 0 Å². The molecule has 0 radical (unpaired) electrons. The maximum absolute atomic E-state index is 12.7. The molecule has 1 fully saturated rings. The standard InChI is InChI=1S/C21H23N3O2S/c1-26-15-9-5-13(6-10-15)11-24(14-7-8-14)12-18-22-20(25)19-16-3-2-4-17(16)27-21(19)23-18/h5-6,9-10,14H,2-4,7-8,11-12H2,1H3,(H,22,23,25). The summed E-state index contributed by atoms with van der Waals surface area (Å²) in [6.07, 6.45) is 5.71. The van der Waals surface area contributed by atoms with Crippen molar-refractivity contribution in [1.29, 1.82) is 0 Å². The molecule has 0 aliphatic heterocycles. The molecule has 0 bridgehead atoms. The number of nitrogens with zero attached hydrogens (tertiary/aromatic N) is 2. The molecule has 140 valence electrons. The van der Waals surface area contributed by atoms with Gasteiger partial charge in [-0.1, -0.05) is 12.1 Å². The van der Waals surface area contributed by atoms with Crippen molar-refractivity contribution < 1.29 is 4.74 Å². The molecule has 0 amide bonds. The molecule has 0 saturated heterocycles. The monoisotopic (exact) mass is 381 g/mol. The lowest BCUT2D eigenvalue weighted by atomic mass is 10.2. The fraction of sp³-hybridized carbons (Fsp3) is 0.429. The van der Waals surface area contributed by atoms with Crippen LogP contribution in [-0.2, 0) is 25.9 Å². The van der Waals surface area contributed by atoms with E-state index in [2.05, 4.69) is 22.0 Å². The Hall–Kier alpha value is -2.18. The van der Waals surface area contributed by atoms with Crippen molar-refractivity contribution >= 4 is 21.6 Å². The number of ether oxygens (including phenoxy) is 1. The van der Waals surface area contributed by atoms with Crippen molar-refractivity contribution in [1.82, 2.24) is 14.9 Å². The molecule has 2 heterocycles. The molecule has 1 aromatic carbocycles. The van der Waals surface area contributed by atoms with Crippen molar-refractivity contribution in [2.24, 2.45) is 0 Å². The second-order valence-electron chi connectivity index (χ2n) is 7.53. The first-order valence-electron chi connectivity index (χ1n) is 9.61. The second kappa shape index (κ2) is 6.77. The molecule has 3 aromatic rings. The molecule has 2 aliphatic carbocycles. The zero-order valence-electron chi connectivity index (χ0n) is 15.5. The van der Waals surface area contributed by atoms with Gasteiger partial charge in [0, 0.05) is 17.5 Å². The number of hydrogen-bond acceptors (Lipinski definition) is 5. The van der Waals surface area contributed by atoms with Crippen molar-refractivity contribution in [2.75, 3.05) is 7.11 Å². The summed E-state index contributed by atoms with van der Waals surface area (Å²) in [5.74, 6) is 1.66. The zero-order valence-corrected chi connectivity index (χ0v) is 16.3. The van der Waals surface area contributed by atoms with Crippen LogP contribution in [0.15, 0.2) is 29.1 Å². The second-order valence-corrected chi connectivity index (χ2v) is 8.62. The van der Waals surface area contributed by atoms with E-state index in [0.717, 1.165) is 47.6 Å². The summed E-state index contributed by atoms with van der Waals surface area (Å²) in [7, 11) is 1.68. The van der Waals surface area contributed by atoms with E-state index in [1.165, 1.54) is 28.8 Å². The smallest absolute Gasteiger partial charge is 0.259 e. The van der Waals surface area contributed by atoms with Crippen LogP contribution < -0.4 is 10.3 Å². The van der Waals surface area contributed by atoms with E-state index in [9.17, 15) is 4.79 Å². The molecule has 0 spiro atoms. The lowest BCUT2D eigenvalue weighted by Crippen LogP contribution is -2.27. The van der Waals surface area contributed by atoms with Crippen LogP contribution in [0.25, 0.3) is 10.2 Å². The van der Waals surface area contributed by atoms with Crippen LogP contribution in [0.1, 0.15) is 41.1 Å². The van der Waals surface area contributed by atoms with Crippen LogP contribution >= 0.6 is 11.3 Å². The molecule has 5 rings (SSSR count). The number of hydrogen-bond donors (Lipinski definition) is 1. The Labute approximate surface area is 162 Å². The van der Waals surface area contributed by atoms with E-state index in [1.807, 2.05) is 12.1 Å². The van der Waals surface area contributed by atoms with E-state index in [-0.39, 0.29) is 5.56 Å². The molecule has 0 unspecified atom stereocenters. The van der Waals surface area contributed by atoms with E-state index in [1.54, 1.807) is 18.4 Å². The molecule has 5 nitrogen and oxygen atoms in total. The van der Waals surface area contributed by atoms with Crippen LogP contribution in [0.3, 0.4) is 0 Å². The summed E-state index contributed by atoms with van der Waals surface area (Å²) < 4.78 is 5.25. The fourth-order valence-corrected chi connectivity index (χ4v) is 5.31. The fourth-order valence-electron chi connectivity index (χ4n) is 4.03. The Balaban J connectivity index is 1.40. The average Bonchev–Trinajstić information content (AvgIpc) is 3.32. The normalized spacial score (nSPS) is 16.2. The van der Waals surface area contributed by atoms with Gasteiger partial charge in [-0.25, -0.2) is 4.98 Å². The minimum Gasteiger partial charge on any atom is -0.497 e. The number of aromatic nitrogens is 2. The summed E-state index contributed by atoms with van der Waals surface area (Å²) in [6, 6.07) is 8.80. The molecular formula is C21H23N3O2S. The Morgan fingerprint density at radius 1 is 1.22 bits per heavy atom. The summed E-state index contributed by atoms with van der Waals surface area (Å²) in [5.41, 5.74) is 2.53. The van der Waals surface area contributed by atoms with Crippen molar-refractivity contribution in [3.05, 3.63) is 56.4 Å². The van der Waals surface area contributed by atoms with Gasteiger partial charge < -0.3 is 9.72 Å². The highest BCUT2D eigenvalue weighted by atomic mass is 32.1. The Morgan fingerprint density at radius 3 is 2.78 bits per heavy atom. The number of fused-ring (bicyclic) bond motifs is 3. The maximum Gasteiger partial charge on any atom is 0.259 e. The highest BCUT2D eigenvalue weighted by Gasteiger charge is 2.30. The molecule has 6 heteroatoms. The van der Waals surface area contributed by atoms with Gasteiger partial charge in [0.2, 0.25) is 0 Å². The van der Waals surface area contributed by atoms with E-state index >= 15 is 0 Å². The quantitative estimate of drug-likeness (QED) is 0.708. The third-order valence-electron chi connectivity index (χ3n) is 5.58. The number of rotatable bonds is 6. The van der Waals surface area contributed by atoms with Crippen molar-refractivity contribution in [3.63, 3.8) is 0 Å². The topological polar surface area (TPSA) is 58.2 Å². The maximum atomic E-state index is 12.7. The number of H-pyrrole nitrogens is 1. The highest BCUT2D eigenvalue weighted by Crippen LogP contribution is 2.35. The largest absolute Gasteiger partial charge is 0.497 e. The molecule has 1 saturated carbocycles. The van der Waals surface area contributed by atoms with E-state index in [4.69, 9.17) is 9.72 Å². The highest BCUT2D eigenvalue weighted by molar-refractivity contribution is 7.18. The minimum absolute atomic E-state index is 0.0367. The number of nitrogens with one attached hydrogen (secondary N) is 1. The van der Waals surface area contributed by atoms with Gasteiger partial charge in [0.1, 0.15) is 16.4 Å². The van der Waals surface area contributed by atoms with Gasteiger partial charge in [0.05, 0.1) is 19.0 Å². The third kappa shape index (κ3) is 3.28. The Kier molecular flexibility index (Phi) is 4.25. The number of thiophene rings is 1. The zero-order chi connectivity index (χ0) is 18.4. The van der Waals surface area contributed by atoms with Gasteiger partial charge >= 0.3 is 0 Å². The number of aryl methyl sites for hydroxylation is 2. The van der Waals surface area contributed by atoms with Crippen LogP contribution in [0.2, 0.25) is 0 Å². The molecule has 2 aromatic heterocycles. The predicted molar refractivity (Wildman–Crippen MR) is 108 cm³/mol. The lowest BCUT2D eigenvalue weighted by molar-refractivity contribution is 0.239.